The normalized spacial score (nSPS) is 33.7. The topological polar surface area (TPSA) is 12.0 Å². The highest BCUT2D eigenvalue weighted by atomic mass is 79.9. The molecule has 2 heteroatoms. The number of nitrogens with one attached hydrogen (secondary N) is 1. The molecule has 0 aliphatic heterocycles. The second-order valence-electron chi connectivity index (χ2n) is 6.69. The van der Waals surface area contributed by atoms with E-state index in [0.717, 1.165) is 23.9 Å². The van der Waals surface area contributed by atoms with E-state index < -0.39 is 0 Å². The van der Waals surface area contributed by atoms with Gasteiger partial charge >= 0.3 is 0 Å². The molecule has 20 heavy (non-hydrogen) atoms. The molecule has 0 radical (unpaired) electrons. The molecule has 2 aliphatic rings. The van der Waals surface area contributed by atoms with Gasteiger partial charge < -0.3 is 5.32 Å². The quantitative estimate of drug-likeness (QED) is 0.791. The van der Waals surface area contributed by atoms with Crippen LogP contribution in [-0.4, -0.2) is 12.1 Å². The van der Waals surface area contributed by atoms with Crippen molar-refractivity contribution in [1.82, 2.24) is 5.32 Å². The fourth-order valence-corrected chi connectivity index (χ4v) is 4.57. The molecule has 110 valence electrons. The highest BCUT2D eigenvalue weighted by Crippen LogP contribution is 2.40. The summed E-state index contributed by atoms with van der Waals surface area (Å²) in [5, 5.41) is 3.92. The van der Waals surface area contributed by atoms with Crippen LogP contribution < -0.4 is 5.32 Å². The van der Waals surface area contributed by atoms with E-state index in [1.165, 1.54) is 55.0 Å². The van der Waals surface area contributed by atoms with Gasteiger partial charge in [-0.05, 0) is 49.1 Å². The molecule has 0 spiro atoms. The zero-order valence-corrected chi connectivity index (χ0v) is 14.0. The first kappa shape index (κ1) is 14.6. The van der Waals surface area contributed by atoms with E-state index in [9.17, 15) is 0 Å². The summed E-state index contributed by atoms with van der Waals surface area (Å²) >= 11 is 3.69. The molecule has 0 aromatic heterocycles. The van der Waals surface area contributed by atoms with Gasteiger partial charge in [0, 0.05) is 16.6 Å². The standard InChI is InChI=1S/C18H26BrN/c1-2-13-6-5-7-15(10-13)20-16-11-14(12-16)17-8-3-4-9-18(17)19/h3-4,8-9,13-16,20H,2,5-7,10-12H2,1H3. The Kier molecular flexibility index (Phi) is 4.83. The van der Waals surface area contributed by atoms with Gasteiger partial charge in [0.15, 0.2) is 0 Å². The average Bonchev–Trinajstić information content (AvgIpc) is 2.44. The van der Waals surface area contributed by atoms with E-state index in [-0.39, 0.29) is 0 Å². The fraction of sp³-hybridized carbons (Fsp3) is 0.667. The minimum absolute atomic E-state index is 0.757. The summed E-state index contributed by atoms with van der Waals surface area (Å²) in [4.78, 5) is 0. The minimum atomic E-state index is 0.757. The van der Waals surface area contributed by atoms with Crippen LogP contribution in [0.25, 0.3) is 0 Å². The van der Waals surface area contributed by atoms with Gasteiger partial charge in [0.25, 0.3) is 0 Å². The number of benzene rings is 1. The smallest absolute Gasteiger partial charge is 0.0210 e. The lowest BCUT2D eigenvalue weighted by Gasteiger charge is -2.41. The first-order chi connectivity index (χ1) is 9.76. The van der Waals surface area contributed by atoms with Crippen molar-refractivity contribution in [1.29, 1.82) is 0 Å². The predicted octanol–water partition coefficient (Wildman–Crippen LogP) is 5.25. The van der Waals surface area contributed by atoms with Gasteiger partial charge in [-0.15, -0.1) is 0 Å². The Morgan fingerprint density at radius 2 is 1.90 bits per heavy atom. The van der Waals surface area contributed by atoms with Crippen molar-refractivity contribution in [3.8, 4) is 0 Å². The summed E-state index contributed by atoms with van der Waals surface area (Å²) in [5.41, 5.74) is 1.50. The summed E-state index contributed by atoms with van der Waals surface area (Å²) < 4.78 is 1.28. The summed E-state index contributed by atoms with van der Waals surface area (Å²) in [7, 11) is 0. The van der Waals surface area contributed by atoms with Crippen LogP contribution in [0.3, 0.4) is 0 Å². The van der Waals surface area contributed by atoms with Crippen molar-refractivity contribution in [3.05, 3.63) is 34.3 Å². The second kappa shape index (κ2) is 6.62. The number of hydrogen-bond acceptors (Lipinski definition) is 1. The number of hydrogen-bond donors (Lipinski definition) is 1. The Hall–Kier alpha value is -0.340. The maximum atomic E-state index is 3.92. The minimum Gasteiger partial charge on any atom is -0.311 e. The van der Waals surface area contributed by atoms with E-state index in [1.54, 1.807) is 0 Å². The summed E-state index contributed by atoms with van der Waals surface area (Å²) in [5.74, 6) is 1.73. The summed E-state index contributed by atoms with van der Waals surface area (Å²) in [6.07, 6.45) is 9.68. The van der Waals surface area contributed by atoms with Crippen LogP contribution in [0, 0.1) is 5.92 Å². The zero-order chi connectivity index (χ0) is 13.9. The molecule has 1 aromatic rings. The Morgan fingerprint density at radius 3 is 2.65 bits per heavy atom. The van der Waals surface area contributed by atoms with Gasteiger partial charge in [0.2, 0.25) is 0 Å². The molecule has 1 N–H and O–H groups in total. The molecule has 0 bridgehead atoms. The lowest BCUT2D eigenvalue weighted by Crippen LogP contribution is -2.47. The molecule has 3 rings (SSSR count). The van der Waals surface area contributed by atoms with Gasteiger partial charge in [-0.3, -0.25) is 0 Å². The lowest BCUT2D eigenvalue weighted by atomic mass is 9.74. The molecular formula is C18H26BrN. The molecular weight excluding hydrogens is 310 g/mol. The average molecular weight is 336 g/mol. The van der Waals surface area contributed by atoms with Gasteiger partial charge in [0.05, 0.1) is 0 Å². The number of rotatable bonds is 4. The third kappa shape index (κ3) is 3.28. The van der Waals surface area contributed by atoms with Gasteiger partial charge in [-0.25, -0.2) is 0 Å². The summed E-state index contributed by atoms with van der Waals surface area (Å²) in [6.45, 7) is 2.35. The van der Waals surface area contributed by atoms with Crippen molar-refractivity contribution in [2.45, 2.75) is 69.9 Å². The largest absolute Gasteiger partial charge is 0.311 e. The van der Waals surface area contributed by atoms with Crippen LogP contribution in [0.5, 0.6) is 0 Å². The predicted molar refractivity (Wildman–Crippen MR) is 89.1 cm³/mol. The molecule has 0 heterocycles. The lowest BCUT2D eigenvalue weighted by molar-refractivity contribution is 0.209. The van der Waals surface area contributed by atoms with E-state index in [2.05, 4.69) is 52.4 Å². The molecule has 2 saturated carbocycles. The van der Waals surface area contributed by atoms with Crippen LogP contribution in [-0.2, 0) is 0 Å². The van der Waals surface area contributed by atoms with Gasteiger partial charge in [0.1, 0.15) is 0 Å². The van der Waals surface area contributed by atoms with Crippen LogP contribution in [0.1, 0.15) is 63.4 Å². The monoisotopic (exact) mass is 335 g/mol. The highest BCUT2D eigenvalue weighted by Gasteiger charge is 2.33. The first-order valence-electron chi connectivity index (χ1n) is 8.26. The van der Waals surface area contributed by atoms with Crippen LogP contribution in [0.4, 0.5) is 0 Å². The van der Waals surface area contributed by atoms with Gasteiger partial charge in [-0.2, -0.15) is 0 Å². The molecule has 0 saturated heterocycles. The van der Waals surface area contributed by atoms with Crippen molar-refractivity contribution >= 4 is 15.9 Å². The Balaban J connectivity index is 1.48. The van der Waals surface area contributed by atoms with E-state index in [4.69, 9.17) is 0 Å². The Morgan fingerprint density at radius 1 is 1.10 bits per heavy atom. The maximum Gasteiger partial charge on any atom is 0.0210 e. The van der Waals surface area contributed by atoms with E-state index in [0.29, 0.717) is 0 Å². The highest BCUT2D eigenvalue weighted by molar-refractivity contribution is 9.10. The molecule has 1 nitrogen and oxygen atoms in total. The van der Waals surface area contributed by atoms with Crippen molar-refractivity contribution in [2.75, 3.05) is 0 Å². The van der Waals surface area contributed by atoms with Crippen molar-refractivity contribution in [3.63, 3.8) is 0 Å². The maximum absolute atomic E-state index is 3.92. The van der Waals surface area contributed by atoms with E-state index in [1.807, 2.05) is 0 Å². The van der Waals surface area contributed by atoms with Crippen LogP contribution in [0.2, 0.25) is 0 Å². The molecule has 2 unspecified atom stereocenters. The summed E-state index contributed by atoms with van der Waals surface area (Å²) in [6, 6.07) is 10.3. The number of halogens is 1. The third-order valence-corrected chi connectivity index (χ3v) is 6.04. The van der Waals surface area contributed by atoms with Gasteiger partial charge in [-0.1, -0.05) is 60.3 Å². The zero-order valence-electron chi connectivity index (χ0n) is 12.4. The molecule has 2 atom stereocenters. The molecule has 2 aliphatic carbocycles. The SMILES string of the molecule is CCC1CCCC(NC2CC(c3ccccc3Br)C2)C1. The molecule has 2 fully saturated rings. The Labute approximate surface area is 131 Å². The first-order valence-corrected chi connectivity index (χ1v) is 9.06. The Bertz CT molecular complexity index is 439. The second-order valence-corrected chi connectivity index (χ2v) is 7.55. The van der Waals surface area contributed by atoms with Crippen molar-refractivity contribution < 1.29 is 0 Å². The molecule has 0 amide bonds. The fourth-order valence-electron chi connectivity index (χ4n) is 3.96. The van der Waals surface area contributed by atoms with Crippen LogP contribution >= 0.6 is 15.9 Å². The molecule has 1 aromatic carbocycles. The third-order valence-electron chi connectivity index (χ3n) is 5.31. The van der Waals surface area contributed by atoms with Crippen LogP contribution in [0.15, 0.2) is 28.7 Å². The van der Waals surface area contributed by atoms with Crippen molar-refractivity contribution in [2.24, 2.45) is 5.92 Å². The van der Waals surface area contributed by atoms with E-state index >= 15 is 0 Å².